The highest BCUT2D eigenvalue weighted by molar-refractivity contribution is 5.76. The van der Waals surface area contributed by atoms with Crippen molar-refractivity contribution >= 4 is 10.9 Å². The number of nitrogens with zero attached hydrogens (tertiary/aromatic N) is 1. The molecule has 2 heterocycles. The zero-order valence-corrected chi connectivity index (χ0v) is 4.76. The van der Waals surface area contributed by atoms with Crippen LogP contribution in [0, 0.1) is 6.07 Å². The van der Waals surface area contributed by atoms with E-state index in [1.54, 1.807) is 18.6 Å². The Hall–Kier alpha value is -1.31. The molecule has 43 valence electrons. The highest BCUT2D eigenvalue weighted by Gasteiger charge is 1.88. The molecule has 0 atom stereocenters. The van der Waals surface area contributed by atoms with E-state index in [9.17, 15) is 0 Å². The lowest BCUT2D eigenvalue weighted by atomic mass is 10.3. The molecule has 0 spiro atoms. The van der Waals surface area contributed by atoms with Gasteiger partial charge in [-0.25, -0.2) is 0 Å². The van der Waals surface area contributed by atoms with Crippen molar-refractivity contribution in [1.29, 1.82) is 0 Å². The number of fused-ring (bicyclic) bond motifs is 1. The summed E-state index contributed by atoms with van der Waals surface area (Å²) in [5.74, 6) is 0. The minimum atomic E-state index is 1.04. The maximum atomic E-state index is 3.93. The predicted octanol–water partition coefficient (Wildman–Crippen LogP) is 1.36. The third-order valence-corrected chi connectivity index (χ3v) is 1.28. The van der Waals surface area contributed by atoms with Crippen molar-refractivity contribution < 1.29 is 0 Å². The number of rotatable bonds is 0. The number of hydrogen-bond acceptors (Lipinski definition) is 1. The summed E-state index contributed by atoms with van der Waals surface area (Å²) in [5.41, 5.74) is 1.09. The van der Waals surface area contributed by atoms with Crippen LogP contribution >= 0.6 is 0 Å². The molecule has 2 nitrogen and oxygen atoms in total. The molecular weight excluding hydrogens is 112 g/mol. The average molecular weight is 117 g/mol. The molecule has 2 rings (SSSR count). The van der Waals surface area contributed by atoms with Crippen molar-refractivity contribution in [3.8, 4) is 0 Å². The van der Waals surface area contributed by atoms with Crippen LogP contribution in [0.5, 0.6) is 0 Å². The Labute approximate surface area is 52.5 Å². The number of aromatic amines is 1. The lowest BCUT2D eigenvalue weighted by Gasteiger charge is -1.82. The van der Waals surface area contributed by atoms with E-state index in [1.165, 1.54) is 0 Å². The van der Waals surface area contributed by atoms with Crippen LogP contribution in [0.4, 0.5) is 0 Å². The molecule has 0 bridgehead atoms. The summed E-state index contributed by atoms with van der Waals surface area (Å²) in [5, 5.41) is 1.04. The first kappa shape index (κ1) is 4.56. The highest BCUT2D eigenvalue weighted by atomic mass is 14.7. The summed E-state index contributed by atoms with van der Waals surface area (Å²) in [6.07, 6.45) is 5.32. The SMILES string of the molecule is [c]1c[nH]c2ccncc12. The summed E-state index contributed by atoms with van der Waals surface area (Å²) in [6.45, 7) is 0. The fraction of sp³-hybridized carbons (Fsp3) is 0. The van der Waals surface area contributed by atoms with Gasteiger partial charge in [-0.1, -0.05) is 0 Å². The van der Waals surface area contributed by atoms with Crippen LogP contribution in [-0.4, -0.2) is 9.97 Å². The maximum absolute atomic E-state index is 3.93. The third-order valence-electron chi connectivity index (χ3n) is 1.28. The lowest BCUT2D eigenvalue weighted by molar-refractivity contribution is 1.36. The van der Waals surface area contributed by atoms with Gasteiger partial charge in [0.1, 0.15) is 0 Å². The van der Waals surface area contributed by atoms with Crippen molar-refractivity contribution in [2.45, 2.75) is 0 Å². The van der Waals surface area contributed by atoms with E-state index in [2.05, 4.69) is 16.0 Å². The topological polar surface area (TPSA) is 28.7 Å². The Balaban J connectivity index is 2.95. The molecule has 0 aliphatic heterocycles. The Kier molecular flexibility index (Phi) is 0.803. The second-order valence-corrected chi connectivity index (χ2v) is 1.85. The number of nitrogens with one attached hydrogen (secondary N) is 1. The molecule has 1 radical (unpaired) electrons. The van der Waals surface area contributed by atoms with Crippen molar-refractivity contribution in [2.24, 2.45) is 0 Å². The molecule has 1 N–H and O–H groups in total. The summed E-state index contributed by atoms with van der Waals surface area (Å²) in [4.78, 5) is 6.96. The predicted molar refractivity (Wildman–Crippen MR) is 34.9 cm³/mol. The largest absolute Gasteiger partial charge is 0.360 e. The average Bonchev–Trinajstić information content (AvgIpc) is 2.33. The summed E-state index contributed by atoms with van der Waals surface area (Å²) in [6, 6.07) is 4.92. The molecule has 0 amide bonds. The quantitative estimate of drug-likeness (QED) is 0.554. The number of aromatic nitrogens is 2. The van der Waals surface area contributed by atoms with Crippen molar-refractivity contribution in [3.63, 3.8) is 0 Å². The molecule has 0 aliphatic rings. The molecule has 2 aromatic rings. The first-order valence-electron chi connectivity index (χ1n) is 2.75. The van der Waals surface area contributed by atoms with Gasteiger partial charge in [0.25, 0.3) is 0 Å². The minimum absolute atomic E-state index is 1.04. The summed E-state index contributed by atoms with van der Waals surface area (Å²) < 4.78 is 0. The Morgan fingerprint density at radius 1 is 1.56 bits per heavy atom. The fourth-order valence-corrected chi connectivity index (χ4v) is 0.827. The van der Waals surface area contributed by atoms with Gasteiger partial charge in [-0.2, -0.15) is 0 Å². The summed E-state index contributed by atoms with van der Waals surface area (Å²) in [7, 11) is 0. The molecule has 0 unspecified atom stereocenters. The van der Waals surface area contributed by atoms with Gasteiger partial charge in [-0.3, -0.25) is 4.98 Å². The molecular formula is C7H5N2. The van der Waals surface area contributed by atoms with Crippen LogP contribution in [0.1, 0.15) is 0 Å². The van der Waals surface area contributed by atoms with Gasteiger partial charge in [0.05, 0.1) is 0 Å². The molecule has 0 fully saturated rings. The van der Waals surface area contributed by atoms with Gasteiger partial charge in [0.15, 0.2) is 0 Å². The molecule has 2 heteroatoms. The smallest absolute Gasteiger partial charge is 0.0491 e. The van der Waals surface area contributed by atoms with Gasteiger partial charge in [-0.15, -0.1) is 0 Å². The lowest BCUT2D eigenvalue weighted by Crippen LogP contribution is -1.67. The molecule has 0 aliphatic carbocycles. The zero-order valence-electron chi connectivity index (χ0n) is 4.76. The van der Waals surface area contributed by atoms with Crippen LogP contribution in [0.3, 0.4) is 0 Å². The molecule has 0 saturated heterocycles. The maximum Gasteiger partial charge on any atom is 0.0491 e. The Bertz CT molecular complexity index is 281. The van der Waals surface area contributed by atoms with E-state index in [0.29, 0.717) is 0 Å². The number of hydrogen-bond donors (Lipinski definition) is 1. The minimum Gasteiger partial charge on any atom is -0.360 e. The van der Waals surface area contributed by atoms with Gasteiger partial charge in [-0.05, 0) is 6.07 Å². The van der Waals surface area contributed by atoms with Crippen LogP contribution in [0.2, 0.25) is 0 Å². The Morgan fingerprint density at radius 2 is 2.56 bits per heavy atom. The van der Waals surface area contributed by atoms with E-state index in [1.807, 2.05) is 6.07 Å². The first-order chi connectivity index (χ1) is 4.47. The van der Waals surface area contributed by atoms with Gasteiger partial charge in [0.2, 0.25) is 0 Å². The van der Waals surface area contributed by atoms with Gasteiger partial charge < -0.3 is 4.98 Å². The zero-order chi connectivity index (χ0) is 6.10. The highest BCUT2D eigenvalue weighted by Crippen LogP contribution is 2.06. The molecule has 0 aromatic carbocycles. The van der Waals surface area contributed by atoms with Crippen LogP contribution in [0.25, 0.3) is 10.9 Å². The third kappa shape index (κ3) is 0.598. The van der Waals surface area contributed by atoms with Gasteiger partial charge in [0, 0.05) is 35.6 Å². The number of pyridine rings is 1. The molecule has 2 aromatic heterocycles. The Morgan fingerprint density at radius 3 is 3.44 bits per heavy atom. The van der Waals surface area contributed by atoms with E-state index < -0.39 is 0 Å². The van der Waals surface area contributed by atoms with Crippen LogP contribution in [0.15, 0.2) is 24.7 Å². The second kappa shape index (κ2) is 1.58. The van der Waals surface area contributed by atoms with Crippen molar-refractivity contribution in [1.82, 2.24) is 9.97 Å². The van der Waals surface area contributed by atoms with E-state index in [0.717, 1.165) is 10.9 Å². The fourth-order valence-electron chi connectivity index (χ4n) is 0.827. The normalized spacial score (nSPS) is 10.2. The van der Waals surface area contributed by atoms with Crippen LogP contribution < -0.4 is 0 Å². The number of H-pyrrole nitrogens is 1. The van der Waals surface area contributed by atoms with Crippen molar-refractivity contribution in [3.05, 3.63) is 30.7 Å². The monoisotopic (exact) mass is 117 g/mol. The van der Waals surface area contributed by atoms with Gasteiger partial charge >= 0.3 is 0 Å². The standard InChI is InChI=1S/C7H5N2/c1-4-9-7-2-3-8-5-6(1)7/h2-5,9H. The first-order valence-corrected chi connectivity index (χ1v) is 2.75. The van der Waals surface area contributed by atoms with Crippen molar-refractivity contribution in [2.75, 3.05) is 0 Å². The molecule has 9 heavy (non-hydrogen) atoms. The van der Waals surface area contributed by atoms with Crippen LogP contribution in [-0.2, 0) is 0 Å². The van der Waals surface area contributed by atoms with E-state index in [-0.39, 0.29) is 0 Å². The molecule has 0 saturated carbocycles. The summed E-state index contributed by atoms with van der Waals surface area (Å²) >= 11 is 0. The van der Waals surface area contributed by atoms with E-state index in [4.69, 9.17) is 0 Å². The second-order valence-electron chi connectivity index (χ2n) is 1.85. The van der Waals surface area contributed by atoms with E-state index >= 15 is 0 Å².